The van der Waals surface area contributed by atoms with E-state index in [4.69, 9.17) is 14.6 Å². The van der Waals surface area contributed by atoms with Crippen molar-refractivity contribution in [1.29, 1.82) is 0 Å². The number of hydrogen-bond donors (Lipinski definition) is 1. The second-order valence-corrected chi connectivity index (χ2v) is 5.19. The molecule has 0 saturated carbocycles. The lowest BCUT2D eigenvalue weighted by Crippen LogP contribution is -2.17. The highest BCUT2D eigenvalue weighted by Gasteiger charge is 2.10. The largest absolute Gasteiger partial charge is 0.466 e. The molecule has 0 bridgehead atoms. The van der Waals surface area contributed by atoms with Crippen molar-refractivity contribution in [3.8, 4) is 23.7 Å². The molecule has 26 heavy (non-hydrogen) atoms. The average Bonchev–Trinajstić information content (AvgIpc) is 2.55. The van der Waals surface area contributed by atoms with Crippen LogP contribution in [0.5, 0.6) is 0 Å². The molecule has 0 fully saturated rings. The summed E-state index contributed by atoms with van der Waals surface area (Å²) < 4.78 is 10.2. The van der Waals surface area contributed by atoms with E-state index in [0.29, 0.717) is 6.42 Å². The van der Waals surface area contributed by atoms with Crippen LogP contribution < -0.4 is 0 Å². The van der Waals surface area contributed by atoms with Crippen molar-refractivity contribution in [3.05, 3.63) is 48.1 Å². The molecule has 0 aliphatic rings. The van der Waals surface area contributed by atoms with Crippen LogP contribution >= 0.6 is 0 Å². The highest BCUT2D eigenvalue weighted by Crippen LogP contribution is 2.04. The van der Waals surface area contributed by atoms with Crippen molar-refractivity contribution in [2.75, 3.05) is 13.2 Å². The predicted octanol–water partition coefficient (Wildman–Crippen LogP) is 2.49. The zero-order valence-corrected chi connectivity index (χ0v) is 15.3. The lowest BCUT2D eigenvalue weighted by molar-refractivity contribution is -0.144. The summed E-state index contributed by atoms with van der Waals surface area (Å²) in [5.41, 5.74) is 0.836. The smallest absolute Gasteiger partial charge is 0.331 e. The van der Waals surface area contributed by atoms with E-state index in [9.17, 15) is 9.59 Å². The van der Waals surface area contributed by atoms with Gasteiger partial charge in [-0.1, -0.05) is 35.6 Å². The molecule has 5 heteroatoms. The van der Waals surface area contributed by atoms with E-state index in [2.05, 4.69) is 23.7 Å². The summed E-state index contributed by atoms with van der Waals surface area (Å²) in [7, 11) is 0. The van der Waals surface area contributed by atoms with Crippen LogP contribution in [0, 0.1) is 23.7 Å². The van der Waals surface area contributed by atoms with Gasteiger partial charge < -0.3 is 14.6 Å². The van der Waals surface area contributed by atoms with Gasteiger partial charge >= 0.3 is 11.9 Å². The molecule has 0 aromatic rings. The Morgan fingerprint density at radius 3 is 2.38 bits per heavy atom. The van der Waals surface area contributed by atoms with Crippen molar-refractivity contribution in [2.45, 2.75) is 33.3 Å². The van der Waals surface area contributed by atoms with Crippen LogP contribution in [0.2, 0.25) is 0 Å². The van der Waals surface area contributed by atoms with E-state index in [0.717, 1.165) is 5.57 Å². The van der Waals surface area contributed by atoms with Crippen molar-refractivity contribution >= 4 is 11.9 Å². The minimum absolute atomic E-state index is 0.0520. The monoisotopic (exact) mass is 356 g/mol. The van der Waals surface area contributed by atoms with E-state index in [-0.39, 0.29) is 19.2 Å². The molecule has 0 saturated heterocycles. The number of carbonyl (C=O) groups is 2. The third-order valence-electron chi connectivity index (χ3n) is 2.51. The lowest BCUT2D eigenvalue weighted by atomic mass is 10.2. The Bertz CT molecular complexity index is 683. The molecule has 1 unspecified atom stereocenters. The molecule has 0 spiro atoms. The standard InChI is InChI=1S/C21H24O5/c1-18(2)17-21(24)26-20(14-16-25-19(3)23)13-11-9-7-5-4-6-8-10-12-15-22/h7,9-13,17,20,22H,14-16H2,1-3H3/b9-7+,12-10+,13-11+. The molecule has 5 nitrogen and oxygen atoms in total. The van der Waals surface area contributed by atoms with Crippen LogP contribution in [-0.4, -0.2) is 36.4 Å². The Morgan fingerprint density at radius 2 is 1.77 bits per heavy atom. The van der Waals surface area contributed by atoms with Crippen molar-refractivity contribution in [2.24, 2.45) is 0 Å². The molecule has 0 aromatic carbocycles. The maximum Gasteiger partial charge on any atom is 0.331 e. The van der Waals surface area contributed by atoms with Gasteiger partial charge in [0, 0.05) is 19.4 Å². The second kappa shape index (κ2) is 15.5. The predicted molar refractivity (Wildman–Crippen MR) is 101 cm³/mol. The Balaban J connectivity index is 4.66. The quantitative estimate of drug-likeness (QED) is 0.313. The first-order chi connectivity index (χ1) is 12.5. The van der Waals surface area contributed by atoms with Crippen LogP contribution in [0.4, 0.5) is 0 Å². The number of carbonyl (C=O) groups excluding carboxylic acids is 2. The zero-order valence-electron chi connectivity index (χ0n) is 15.3. The minimum atomic E-state index is -0.515. The van der Waals surface area contributed by atoms with Crippen LogP contribution in [-0.2, 0) is 19.1 Å². The first-order valence-corrected chi connectivity index (χ1v) is 8.04. The van der Waals surface area contributed by atoms with Crippen LogP contribution in [0.1, 0.15) is 27.2 Å². The van der Waals surface area contributed by atoms with Gasteiger partial charge in [-0.25, -0.2) is 4.79 Å². The molecule has 0 amide bonds. The van der Waals surface area contributed by atoms with E-state index >= 15 is 0 Å². The number of hydrogen-bond acceptors (Lipinski definition) is 5. The van der Waals surface area contributed by atoms with Gasteiger partial charge in [-0.3, -0.25) is 4.79 Å². The fourth-order valence-corrected chi connectivity index (χ4v) is 1.49. The molecular weight excluding hydrogens is 332 g/mol. The number of allylic oxidation sites excluding steroid dienone is 5. The van der Waals surface area contributed by atoms with Gasteiger partial charge in [0.15, 0.2) is 0 Å². The molecule has 1 atom stereocenters. The van der Waals surface area contributed by atoms with E-state index in [1.54, 1.807) is 38.2 Å². The third-order valence-corrected chi connectivity index (χ3v) is 2.51. The maximum absolute atomic E-state index is 11.7. The number of ether oxygens (including phenoxy) is 2. The Labute approximate surface area is 155 Å². The number of rotatable bonds is 8. The number of aliphatic hydroxyl groups excluding tert-OH is 1. The van der Waals surface area contributed by atoms with Crippen molar-refractivity contribution in [3.63, 3.8) is 0 Å². The molecule has 1 N–H and O–H groups in total. The third kappa shape index (κ3) is 15.9. The van der Waals surface area contributed by atoms with E-state index in [1.165, 1.54) is 25.2 Å². The van der Waals surface area contributed by atoms with E-state index in [1.807, 2.05) is 0 Å². The van der Waals surface area contributed by atoms with Gasteiger partial charge in [0.1, 0.15) is 6.10 Å². The summed E-state index contributed by atoms with van der Waals surface area (Å²) in [6, 6.07) is 0. The highest BCUT2D eigenvalue weighted by atomic mass is 16.6. The average molecular weight is 356 g/mol. The fourth-order valence-electron chi connectivity index (χ4n) is 1.49. The lowest BCUT2D eigenvalue weighted by Gasteiger charge is -2.13. The first kappa shape index (κ1) is 23.0. The Hall–Kier alpha value is -3.02. The van der Waals surface area contributed by atoms with Crippen LogP contribution in [0.3, 0.4) is 0 Å². The summed E-state index contributed by atoms with van der Waals surface area (Å²) in [5.74, 6) is 9.75. The summed E-state index contributed by atoms with van der Waals surface area (Å²) in [5, 5.41) is 8.52. The minimum Gasteiger partial charge on any atom is -0.466 e. The van der Waals surface area contributed by atoms with Crippen molar-refractivity contribution in [1.82, 2.24) is 0 Å². The van der Waals surface area contributed by atoms with Gasteiger partial charge in [0.2, 0.25) is 0 Å². The van der Waals surface area contributed by atoms with Gasteiger partial charge in [0.05, 0.1) is 13.2 Å². The van der Waals surface area contributed by atoms with Crippen LogP contribution in [0.25, 0.3) is 0 Å². The molecule has 0 rings (SSSR count). The molecule has 138 valence electrons. The molecule has 0 heterocycles. The SMILES string of the molecule is CC(=O)OCCC(/C=C/C=C/C#CC#C/C=C/CO)OC(=O)C=C(C)C. The number of aliphatic hydroxyl groups is 1. The molecule has 0 radical (unpaired) electrons. The summed E-state index contributed by atoms with van der Waals surface area (Å²) in [6.45, 7) is 5.03. The fraction of sp³-hybridized carbons (Fsp3) is 0.333. The molecule has 0 aliphatic carbocycles. The summed E-state index contributed by atoms with van der Waals surface area (Å²) >= 11 is 0. The van der Waals surface area contributed by atoms with Gasteiger partial charge in [-0.2, -0.15) is 0 Å². The number of esters is 2. The zero-order chi connectivity index (χ0) is 19.6. The van der Waals surface area contributed by atoms with E-state index < -0.39 is 12.1 Å². The molecular formula is C21H24O5. The van der Waals surface area contributed by atoms with Crippen LogP contribution in [0.15, 0.2) is 48.1 Å². The van der Waals surface area contributed by atoms with Gasteiger partial charge in [-0.05, 0) is 43.9 Å². The van der Waals surface area contributed by atoms with Crippen molar-refractivity contribution < 1.29 is 24.2 Å². The summed E-state index contributed by atoms with van der Waals surface area (Å²) in [4.78, 5) is 22.6. The Morgan fingerprint density at radius 1 is 1.08 bits per heavy atom. The maximum atomic E-state index is 11.7. The first-order valence-electron chi connectivity index (χ1n) is 8.04. The topological polar surface area (TPSA) is 72.8 Å². The van der Waals surface area contributed by atoms with Gasteiger partial charge in [0.25, 0.3) is 0 Å². The van der Waals surface area contributed by atoms with Gasteiger partial charge in [-0.15, -0.1) is 0 Å². The normalized spacial score (nSPS) is 11.4. The Kier molecular flexibility index (Phi) is 13.7. The highest BCUT2D eigenvalue weighted by molar-refractivity contribution is 5.82. The molecule has 0 aromatic heterocycles. The summed E-state index contributed by atoms with van der Waals surface area (Å²) in [6.07, 6.45) is 11.0. The molecule has 0 aliphatic heterocycles. The second-order valence-electron chi connectivity index (χ2n) is 5.19.